The summed E-state index contributed by atoms with van der Waals surface area (Å²) in [6.45, 7) is 3.73. The number of H-pyrrole nitrogens is 2. The Labute approximate surface area is 290 Å². The number of imidazole rings is 2. The van der Waals surface area contributed by atoms with E-state index in [1.807, 2.05) is 31.1 Å². The van der Waals surface area contributed by atoms with E-state index in [4.69, 9.17) is 4.98 Å². The number of amides is 2. The molecule has 9 rings (SSSR count). The van der Waals surface area contributed by atoms with E-state index in [1.54, 1.807) is 0 Å². The smallest absolute Gasteiger partial charge is 0.405 e. The quantitative estimate of drug-likeness (QED) is 0.119. The van der Waals surface area contributed by atoms with Crippen molar-refractivity contribution in [3.63, 3.8) is 0 Å². The van der Waals surface area contributed by atoms with Crippen molar-refractivity contribution >= 4 is 35.2 Å². The number of carbonyl (C=O) groups excluding carboxylic acids is 1. The lowest BCUT2D eigenvalue weighted by Crippen LogP contribution is -2.51. The second-order valence-corrected chi connectivity index (χ2v) is 14.5. The maximum Gasteiger partial charge on any atom is 0.405 e. The molecule has 2 saturated carbocycles. The molecule has 4 fully saturated rings. The van der Waals surface area contributed by atoms with Crippen LogP contribution in [-0.4, -0.2) is 60.1 Å². The summed E-state index contributed by atoms with van der Waals surface area (Å²) < 4.78 is 0. The normalized spacial score (nSPS) is 25.5. The summed E-state index contributed by atoms with van der Waals surface area (Å²) in [7, 11) is 0. The van der Waals surface area contributed by atoms with Gasteiger partial charge in [-0.15, -0.1) is 12.4 Å². The number of carbonyl (C=O) groups is 2. The molecule has 0 radical (unpaired) electrons. The number of rotatable bonds is 8. The Kier molecular flexibility index (Phi) is 7.76. The standard InChI is InChI=1S/C38H39N7O3.ClH/c1-19(2)34(44-38(47)48)37(46)45-32-15-27(32)16-33(45)36-40-17-30(43-36)21-5-3-20(4-6-21)22-7-8-24-12-25(10-9-23(24)11-22)31-18-39-35(42-31)29-14-26-13-28(26)41-29;/h3-12,17-19,26-29,32-34,41,44H,13-16H2,1-2H3,(H,39,42)(H,40,43)(H,47,48);1H/t26-,27-,28-,29+,32-,33+,34+;/m1./s1. The maximum absolute atomic E-state index is 13.6. The van der Waals surface area contributed by atoms with Gasteiger partial charge in [-0.25, -0.2) is 14.8 Å². The number of aromatic nitrogens is 4. The van der Waals surface area contributed by atoms with Crippen molar-refractivity contribution in [3.05, 3.63) is 84.7 Å². The van der Waals surface area contributed by atoms with Crippen molar-refractivity contribution in [2.24, 2.45) is 17.8 Å². The van der Waals surface area contributed by atoms with Crippen LogP contribution in [0.1, 0.15) is 63.3 Å². The summed E-state index contributed by atoms with van der Waals surface area (Å²) in [4.78, 5) is 43.3. The first-order chi connectivity index (χ1) is 23.3. The Hall–Kier alpha value is -4.67. The highest BCUT2D eigenvalue weighted by Crippen LogP contribution is 2.53. The number of hydrogen-bond donors (Lipinski definition) is 5. The summed E-state index contributed by atoms with van der Waals surface area (Å²) in [5.74, 6) is 2.75. The molecule has 0 bridgehead atoms. The Morgan fingerprint density at radius 3 is 2.12 bits per heavy atom. The lowest BCUT2D eigenvalue weighted by molar-refractivity contribution is -0.136. The summed E-state index contributed by atoms with van der Waals surface area (Å²) >= 11 is 0. The van der Waals surface area contributed by atoms with Gasteiger partial charge in [-0.1, -0.05) is 62.4 Å². The Morgan fingerprint density at radius 2 is 1.43 bits per heavy atom. The minimum atomic E-state index is -1.18. The zero-order chi connectivity index (χ0) is 32.7. The van der Waals surface area contributed by atoms with Crippen LogP contribution in [-0.2, 0) is 4.79 Å². The predicted molar refractivity (Wildman–Crippen MR) is 190 cm³/mol. The third kappa shape index (κ3) is 5.76. The minimum Gasteiger partial charge on any atom is -0.465 e. The highest BCUT2D eigenvalue weighted by atomic mass is 35.5. The fourth-order valence-corrected chi connectivity index (χ4v) is 8.10. The number of nitrogens with one attached hydrogen (secondary N) is 4. The van der Waals surface area contributed by atoms with Gasteiger partial charge in [0.05, 0.1) is 35.9 Å². The number of carboxylic acid groups (broad SMARTS) is 1. The number of benzene rings is 3. The molecule has 3 aromatic carbocycles. The monoisotopic (exact) mass is 677 g/mol. The first-order valence-corrected chi connectivity index (χ1v) is 17.1. The molecular weight excluding hydrogens is 638 g/mol. The molecule has 252 valence electrons. The van der Waals surface area contributed by atoms with Crippen molar-refractivity contribution in [1.29, 1.82) is 0 Å². The molecule has 4 heterocycles. The van der Waals surface area contributed by atoms with Gasteiger partial charge in [0.25, 0.3) is 0 Å². The number of nitrogens with zero attached hydrogens (tertiary/aromatic N) is 3. The maximum atomic E-state index is 13.6. The predicted octanol–water partition coefficient (Wildman–Crippen LogP) is 7.09. The number of aromatic amines is 2. The number of likely N-dealkylation sites (tertiary alicyclic amines) is 1. The Bertz CT molecular complexity index is 2050. The van der Waals surface area contributed by atoms with E-state index in [1.165, 1.54) is 23.6 Å². The van der Waals surface area contributed by atoms with Gasteiger partial charge in [-0.3, -0.25) is 4.79 Å². The molecule has 11 heteroatoms. The van der Waals surface area contributed by atoms with Crippen LogP contribution in [0.3, 0.4) is 0 Å². The van der Waals surface area contributed by atoms with Crippen LogP contribution in [0.25, 0.3) is 44.4 Å². The van der Waals surface area contributed by atoms with E-state index in [2.05, 4.69) is 86.2 Å². The summed E-state index contributed by atoms with van der Waals surface area (Å²) in [5, 5.41) is 17.8. The molecule has 0 unspecified atom stereocenters. The number of piperidine rings is 2. The van der Waals surface area contributed by atoms with Gasteiger partial charge in [0.1, 0.15) is 17.7 Å². The molecular formula is C38H40ClN7O3. The van der Waals surface area contributed by atoms with Crippen LogP contribution in [0.5, 0.6) is 0 Å². The van der Waals surface area contributed by atoms with E-state index < -0.39 is 12.1 Å². The highest BCUT2D eigenvalue weighted by Gasteiger charge is 2.56. The van der Waals surface area contributed by atoms with Crippen LogP contribution in [0.2, 0.25) is 0 Å². The van der Waals surface area contributed by atoms with Crippen LogP contribution in [0.4, 0.5) is 4.79 Å². The van der Waals surface area contributed by atoms with E-state index >= 15 is 0 Å². The summed E-state index contributed by atoms with van der Waals surface area (Å²) in [6, 6.07) is 21.8. The van der Waals surface area contributed by atoms with Gasteiger partial charge in [-0.2, -0.15) is 0 Å². The molecule has 2 saturated heterocycles. The van der Waals surface area contributed by atoms with Crippen molar-refractivity contribution in [2.75, 3.05) is 0 Å². The highest BCUT2D eigenvalue weighted by molar-refractivity contribution is 5.91. The van der Waals surface area contributed by atoms with Gasteiger partial charge >= 0.3 is 6.09 Å². The number of fused-ring (bicyclic) bond motifs is 3. The first kappa shape index (κ1) is 31.6. The molecule has 4 aliphatic rings. The first-order valence-electron chi connectivity index (χ1n) is 17.1. The topological polar surface area (TPSA) is 139 Å². The molecule has 49 heavy (non-hydrogen) atoms. The molecule has 2 aliphatic carbocycles. The van der Waals surface area contributed by atoms with Crippen molar-refractivity contribution < 1.29 is 14.7 Å². The zero-order valence-electron chi connectivity index (χ0n) is 27.4. The van der Waals surface area contributed by atoms with Crippen LogP contribution in [0.15, 0.2) is 73.1 Å². The molecule has 2 aromatic heterocycles. The van der Waals surface area contributed by atoms with Gasteiger partial charge in [0.2, 0.25) is 5.91 Å². The van der Waals surface area contributed by atoms with Gasteiger partial charge < -0.3 is 30.6 Å². The van der Waals surface area contributed by atoms with Crippen molar-refractivity contribution in [2.45, 2.75) is 69.7 Å². The SMILES string of the molecule is CC(C)[C@H](NC(=O)O)C(=O)N1[C@@H]2C[C@@H]2C[C@H]1c1ncc(-c2ccc(-c3ccc4cc(-c5cnc([C@@H]6C[C@H]7C[C@H]7N6)[nH]5)ccc4c3)cc2)[nH]1.Cl. The van der Waals surface area contributed by atoms with E-state index in [9.17, 15) is 14.7 Å². The van der Waals surface area contributed by atoms with E-state index in [0.717, 1.165) is 64.1 Å². The number of hydrogen-bond acceptors (Lipinski definition) is 5. The molecule has 0 spiro atoms. The van der Waals surface area contributed by atoms with E-state index in [0.29, 0.717) is 18.0 Å². The molecule has 10 nitrogen and oxygen atoms in total. The largest absolute Gasteiger partial charge is 0.465 e. The van der Waals surface area contributed by atoms with Crippen LogP contribution in [0, 0.1) is 17.8 Å². The van der Waals surface area contributed by atoms with Crippen molar-refractivity contribution in [1.82, 2.24) is 35.5 Å². The zero-order valence-corrected chi connectivity index (χ0v) is 28.2. The average Bonchev–Trinajstić information content (AvgIpc) is 3.65. The fourth-order valence-electron chi connectivity index (χ4n) is 8.10. The average molecular weight is 678 g/mol. The Morgan fingerprint density at radius 1 is 0.796 bits per heavy atom. The molecule has 2 aliphatic heterocycles. The summed E-state index contributed by atoms with van der Waals surface area (Å²) in [6.07, 6.45) is 6.90. The summed E-state index contributed by atoms with van der Waals surface area (Å²) in [5.41, 5.74) is 6.37. The minimum absolute atomic E-state index is 0. The van der Waals surface area contributed by atoms with Gasteiger partial charge in [0.15, 0.2) is 0 Å². The third-order valence-corrected chi connectivity index (χ3v) is 11.0. The number of halogens is 1. The molecule has 5 aromatic rings. The molecule has 2 amide bonds. The lowest BCUT2D eigenvalue weighted by Gasteiger charge is -2.31. The fraction of sp³-hybridized carbons (Fsp3) is 0.368. The second-order valence-electron chi connectivity index (χ2n) is 14.5. The molecule has 7 atom stereocenters. The van der Waals surface area contributed by atoms with Gasteiger partial charge in [0, 0.05) is 17.6 Å². The molecule has 5 N–H and O–H groups in total. The van der Waals surface area contributed by atoms with Crippen molar-refractivity contribution in [3.8, 4) is 33.6 Å². The third-order valence-electron chi connectivity index (χ3n) is 11.0. The Balaban J connectivity index is 0.00000348. The second kappa shape index (κ2) is 12.0. The van der Waals surface area contributed by atoms with Crippen LogP contribution < -0.4 is 10.6 Å². The lowest BCUT2D eigenvalue weighted by atomic mass is 9.98. The van der Waals surface area contributed by atoms with E-state index in [-0.39, 0.29) is 36.3 Å². The van der Waals surface area contributed by atoms with Crippen LogP contribution >= 0.6 is 12.4 Å². The van der Waals surface area contributed by atoms with Gasteiger partial charge in [-0.05, 0) is 83.0 Å².